The van der Waals surface area contributed by atoms with Gasteiger partial charge in [-0.15, -0.1) is 0 Å². The van der Waals surface area contributed by atoms with Crippen LogP contribution >= 0.6 is 11.6 Å². The predicted octanol–water partition coefficient (Wildman–Crippen LogP) is 3.82. The van der Waals surface area contributed by atoms with Crippen LogP contribution in [0.15, 0.2) is 18.2 Å². The fourth-order valence-electron chi connectivity index (χ4n) is 2.88. The van der Waals surface area contributed by atoms with Gasteiger partial charge >= 0.3 is 0 Å². The van der Waals surface area contributed by atoms with Gasteiger partial charge in [-0.1, -0.05) is 17.7 Å². The van der Waals surface area contributed by atoms with Crippen molar-refractivity contribution in [2.45, 2.75) is 39.8 Å². The maximum Gasteiger partial charge on any atom is 0.0534 e. The molecule has 0 saturated heterocycles. The highest BCUT2D eigenvalue weighted by molar-refractivity contribution is 6.31. The number of anilines is 1. The molecule has 1 aliphatic rings. The summed E-state index contributed by atoms with van der Waals surface area (Å²) >= 11 is 6.30. The van der Waals surface area contributed by atoms with Gasteiger partial charge in [-0.3, -0.25) is 0 Å². The lowest BCUT2D eigenvalue weighted by molar-refractivity contribution is 0.566. The molecule has 3 heteroatoms. The molecule has 2 N–H and O–H groups in total. The number of likely N-dealkylation sites (N-methyl/N-ethyl adjacent to an activating group) is 1. The van der Waals surface area contributed by atoms with Crippen LogP contribution < -0.4 is 10.6 Å². The molecule has 0 aliphatic carbocycles. The summed E-state index contributed by atoms with van der Waals surface area (Å²) in [6.07, 6.45) is 2.31. The van der Waals surface area contributed by atoms with E-state index in [-0.39, 0.29) is 5.54 Å². The first kappa shape index (κ1) is 13.4. The third-order valence-corrected chi connectivity index (χ3v) is 4.03. The van der Waals surface area contributed by atoms with E-state index in [1.165, 1.54) is 16.8 Å². The van der Waals surface area contributed by atoms with Crippen molar-refractivity contribution in [1.82, 2.24) is 0 Å². The molecule has 0 aromatic heterocycles. The van der Waals surface area contributed by atoms with Crippen LogP contribution in [0, 0.1) is 0 Å². The average Bonchev–Trinajstić information content (AvgIpc) is 2.27. The van der Waals surface area contributed by atoms with Crippen LogP contribution in [0.4, 0.5) is 5.69 Å². The molecule has 0 saturated carbocycles. The number of rotatable bonds is 2. The first-order valence-corrected chi connectivity index (χ1v) is 6.78. The zero-order valence-electron chi connectivity index (χ0n) is 11.5. The van der Waals surface area contributed by atoms with Crippen molar-refractivity contribution in [2.24, 2.45) is 5.73 Å². The average molecular weight is 265 g/mol. The molecule has 0 atom stereocenters. The second kappa shape index (κ2) is 4.60. The second-order valence-corrected chi connectivity index (χ2v) is 5.80. The number of benzene rings is 1. The minimum Gasteiger partial charge on any atom is -0.363 e. The molecule has 1 aromatic rings. The van der Waals surface area contributed by atoms with E-state index in [0.29, 0.717) is 6.54 Å². The highest BCUT2D eigenvalue weighted by Crippen LogP contribution is 2.41. The van der Waals surface area contributed by atoms with Crippen molar-refractivity contribution in [2.75, 3.05) is 11.4 Å². The molecule has 98 valence electrons. The molecule has 0 radical (unpaired) electrons. The van der Waals surface area contributed by atoms with E-state index >= 15 is 0 Å². The second-order valence-electron chi connectivity index (χ2n) is 5.39. The summed E-state index contributed by atoms with van der Waals surface area (Å²) in [6, 6.07) is 4.18. The van der Waals surface area contributed by atoms with Crippen molar-refractivity contribution in [3.05, 3.63) is 34.4 Å². The summed E-state index contributed by atoms with van der Waals surface area (Å²) in [5.41, 5.74) is 10.5. The highest BCUT2D eigenvalue weighted by atomic mass is 35.5. The maximum atomic E-state index is 6.30. The van der Waals surface area contributed by atoms with Gasteiger partial charge in [-0.2, -0.15) is 0 Å². The zero-order valence-corrected chi connectivity index (χ0v) is 12.3. The lowest BCUT2D eigenvalue weighted by atomic mass is 9.88. The van der Waals surface area contributed by atoms with Crippen LogP contribution in [0.25, 0.3) is 5.57 Å². The first-order chi connectivity index (χ1) is 8.40. The topological polar surface area (TPSA) is 29.3 Å². The largest absolute Gasteiger partial charge is 0.363 e. The molecule has 1 aliphatic heterocycles. The van der Waals surface area contributed by atoms with E-state index < -0.39 is 0 Å². The maximum absolute atomic E-state index is 6.30. The van der Waals surface area contributed by atoms with Gasteiger partial charge in [0, 0.05) is 29.4 Å². The summed E-state index contributed by atoms with van der Waals surface area (Å²) in [5, 5.41) is 0.764. The van der Waals surface area contributed by atoms with Gasteiger partial charge in [0.25, 0.3) is 0 Å². The lowest BCUT2D eigenvalue weighted by Crippen LogP contribution is -2.44. The minimum absolute atomic E-state index is 0.0272. The summed E-state index contributed by atoms with van der Waals surface area (Å²) in [6.45, 7) is 10.2. The Kier molecular flexibility index (Phi) is 3.43. The van der Waals surface area contributed by atoms with Crippen LogP contribution in [0.2, 0.25) is 5.02 Å². The van der Waals surface area contributed by atoms with Crippen LogP contribution in [-0.2, 0) is 6.54 Å². The molecule has 1 aromatic carbocycles. The van der Waals surface area contributed by atoms with E-state index in [1.54, 1.807) is 0 Å². The van der Waals surface area contributed by atoms with Gasteiger partial charge in [0.1, 0.15) is 0 Å². The number of hydrogen-bond donors (Lipinski definition) is 1. The molecule has 2 rings (SSSR count). The molecule has 1 heterocycles. The number of hydrogen-bond acceptors (Lipinski definition) is 2. The standard InChI is InChI=1S/C15H21ClN2/c1-5-18-14-7-13(16)11(9-17)6-12(14)10(2)8-15(18,3)4/h6-8H,5,9,17H2,1-4H3. The van der Waals surface area contributed by atoms with Crippen LogP contribution in [0.3, 0.4) is 0 Å². The summed E-state index contributed by atoms with van der Waals surface area (Å²) in [4.78, 5) is 2.38. The van der Waals surface area contributed by atoms with Crippen molar-refractivity contribution in [1.29, 1.82) is 0 Å². The predicted molar refractivity (Wildman–Crippen MR) is 80.1 cm³/mol. The molecule has 0 fully saturated rings. The summed E-state index contributed by atoms with van der Waals surface area (Å²) in [5.74, 6) is 0. The molecule has 0 amide bonds. The van der Waals surface area contributed by atoms with Crippen molar-refractivity contribution >= 4 is 22.9 Å². The third-order valence-electron chi connectivity index (χ3n) is 3.68. The van der Waals surface area contributed by atoms with E-state index in [1.807, 2.05) is 0 Å². The molecular weight excluding hydrogens is 244 g/mol. The van der Waals surface area contributed by atoms with Crippen LogP contribution in [0.5, 0.6) is 0 Å². The van der Waals surface area contributed by atoms with Crippen molar-refractivity contribution in [3.63, 3.8) is 0 Å². The van der Waals surface area contributed by atoms with Gasteiger partial charge in [-0.05, 0) is 51.0 Å². The Morgan fingerprint density at radius 1 is 1.33 bits per heavy atom. The van der Waals surface area contributed by atoms with E-state index in [0.717, 1.165) is 17.1 Å². The van der Waals surface area contributed by atoms with Gasteiger partial charge < -0.3 is 10.6 Å². The normalized spacial score (nSPS) is 17.4. The molecule has 18 heavy (non-hydrogen) atoms. The van der Waals surface area contributed by atoms with Crippen LogP contribution in [0.1, 0.15) is 38.8 Å². The molecule has 2 nitrogen and oxygen atoms in total. The molecule has 0 spiro atoms. The number of halogens is 1. The number of fused-ring (bicyclic) bond motifs is 1. The van der Waals surface area contributed by atoms with Crippen molar-refractivity contribution < 1.29 is 0 Å². The lowest BCUT2D eigenvalue weighted by Gasteiger charge is -2.43. The monoisotopic (exact) mass is 264 g/mol. The van der Waals surface area contributed by atoms with E-state index in [4.69, 9.17) is 17.3 Å². The van der Waals surface area contributed by atoms with Crippen molar-refractivity contribution in [3.8, 4) is 0 Å². The summed E-state index contributed by atoms with van der Waals surface area (Å²) < 4.78 is 0. The number of allylic oxidation sites excluding steroid dienone is 1. The Balaban J connectivity index is 2.66. The first-order valence-electron chi connectivity index (χ1n) is 6.40. The molecular formula is C15H21ClN2. The Morgan fingerprint density at radius 2 is 2.00 bits per heavy atom. The third kappa shape index (κ3) is 2.04. The molecule has 0 bridgehead atoms. The van der Waals surface area contributed by atoms with Crippen LogP contribution in [-0.4, -0.2) is 12.1 Å². The summed E-state index contributed by atoms with van der Waals surface area (Å²) in [7, 11) is 0. The Hall–Kier alpha value is -0.990. The van der Waals surface area contributed by atoms with E-state index in [9.17, 15) is 0 Å². The Morgan fingerprint density at radius 3 is 2.56 bits per heavy atom. The number of nitrogens with zero attached hydrogens (tertiary/aromatic N) is 1. The highest BCUT2D eigenvalue weighted by Gasteiger charge is 2.30. The van der Waals surface area contributed by atoms with Gasteiger partial charge in [-0.25, -0.2) is 0 Å². The number of nitrogens with two attached hydrogens (primary N) is 1. The fraction of sp³-hybridized carbons (Fsp3) is 0.467. The van der Waals surface area contributed by atoms with E-state index in [2.05, 4.69) is 50.8 Å². The SMILES string of the molecule is CCN1c2cc(Cl)c(CN)cc2C(C)=CC1(C)C. The Bertz CT molecular complexity index is 503. The quantitative estimate of drug-likeness (QED) is 0.880. The van der Waals surface area contributed by atoms with Gasteiger partial charge in [0.2, 0.25) is 0 Å². The Labute approximate surface area is 114 Å². The van der Waals surface area contributed by atoms with Gasteiger partial charge in [0.15, 0.2) is 0 Å². The zero-order chi connectivity index (χ0) is 13.5. The smallest absolute Gasteiger partial charge is 0.0534 e. The fourth-order valence-corrected chi connectivity index (χ4v) is 3.11. The molecule has 0 unspecified atom stereocenters. The minimum atomic E-state index is 0.0272. The van der Waals surface area contributed by atoms with Gasteiger partial charge in [0.05, 0.1) is 5.54 Å².